The van der Waals surface area contributed by atoms with Crippen LogP contribution in [0.3, 0.4) is 0 Å². The summed E-state index contributed by atoms with van der Waals surface area (Å²) in [6.45, 7) is 4.28. The lowest BCUT2D eigenvalue weighted by atomic mass is 10.2. The number of aromatic nitrogens is 3. The number of ether oxygens (including phenoxy) is 1. The number of hydrogen-bond acceptors (Lipinski definition) is 5. The number of pyridine rings is 1. The van der Waals surface area contributed by atoms with E-state index in [0.29, 0.717) is 32.3 Å². The van der Waals surface area contributed by atoms with Gasteiger partial charge < -0.3 is 15.0 Å². The first-order valence-electron chi connectivity index (χ1n) is 6.78. The number of amides is 1. The zero-order valence-corrected chi connectivity index (χ0v) is 13.2. The lowest BCUT2D eigenvalue weighted by molar-refractivity contribution is -0.135. The quantitative estimate of drug-likeness (QED) is 0.896. The Hall–Kier alpha value is -1.67. The zero-order chi connectivity index (χ0) is 14.8. The number of rotatable bonds is 3. The van der Waals surface area contributed by atoms with E-state index in [2.05, 4.69) is 31.3 Å². The standard InChI is InChI=1S/C13H16BrN5O2/c1-9(12(20)18-4-6-21-7-5-18)15-13-16-11-3-2-10(14)8-19(11)17-13/h2-3,8-9H,4-7H2,1H3,(H,15,17). The third kappa shape index (κ3) is 3.16. The lowest BCUT2D eigenvalue weighted by Gasteiger charge is -2.29. The summed E-state index contributed by atoms with van der Waals surface area (Å²) in [6, 6.07) is 3.39. The Kier molecular flexibility index (Phi) is 4.07. The molecule has 1 fully saturated rings. The number of carbonyl (C=O) groups excluding carboxylic acids is 1. The molecule has 0 aromatic carbocycles. The molecule has 0 radical (unpaired) electrons. The molecule has 1 atom stereocenters. The molecule has 0 aliphatic carbocycles. The predicted octanol–water partition coefficient (Wildman–Crippen LogP) is 1.15. The van der Waals surface area contributed by atoms with Crippen molar-refractivity contribution in [2.45, 2.75) is 13.0 Å². The van der Waals surface area contributed by atoms with Crippen molar-refractivity contribution in [1.82, 2.24) is 19.5 Å². The molecule has 1 amide bonds. The Morgan fingerprint density at radius 1 is 1.43 bits per heavy atom. The van der Waals surface area contributed by atoms with Crippen LogP contribution in [-0.2, 0) is 9.53 Å². The molecule has 112 valence electrons. The average Bonchev–Trinajstić information content (AvgIpc) is 2.88. The van der Waals surface area contributed by atoms with Crippen molar-refractivity contribution in [1.29, 1.82) is 0 Å². The van der Waals surface area contributed by atoms with Crippen molar-refractivity contribution in [3.05, 3.63) is 22.8 Å². The van der Waals surface area contributed by atoms with Crippen molar-refractivity contribution >= 4 is 33.4 Å². The van der Waals surface area contributed by atoms with Crippen LogP contribution in [0.4, 0.5) is 5.95 Å². The minimum atomic E-state index is -0.371. The van der Waals surface area contributed by atoms with Crippen molar-refractivity contribution in [3.8, 4) is 0 Å². The van der Waals surface area contributed by atoms with Crippen LogP contribution in [0.1, 0.15) is 6.92 Å². The molecule has 3 heterocycles. The molecule has 1 unspecified atom stereocenters. The summed E-state index contributed by atoms with van der Waals surface area (Å²) in [5, 5.41) is 7.37. The number of hydrogen-bond donors (Lipinski definition) is 1. The maximum absolute atomic E-state index is 12.3. The summed E-state index contributed by atoms with van der Waals surface area (Å²) in [6.07, 6.45) is 1.82. The van der Waals surface area contributed by atoms with E-state index in [4.69, 9.17) is 4.74 Å². The minimum Gasteiger partial charge on any atom is -0.378 e. The highest BCUT2D eigenvalue weighted by Crippen LogP contribution is 2.13. The Morgan fingerprint density at radius 2 is 2.19 bits per heavy atom. The van der Waals surface area contributed by atoms with E-state index >= 15 is 0 Å². The first-order valence-corrected chi connectivity index (χ1v) is 7.58. The van der Waals surface area contributed by atoms with Gasteiger partial charge in [-0.05, 0) is 35.0 Å². The molecule has 7 nitrogen and oxygen atoms in total. The number of carbonyl (C=O) groups is 1. The van der Waals surface area contributed by atoms with Crippen LogP contribution in [0.2, 0.25) is 0 Å². The molecule has 1 saturated heterocycles. The summed E-state index contributed by atoms with van der Waals surface area (Å²) in [5.74, 6) is 0.487. The lowest BCUT2D eigenvalue weighted by Crippen LogP contribution is -2.47. The third-order valence-corrected chi connectivity index (χ3v) is 3.80. The Morgan fingerprint density at radius 3 is 2.95 bits per heavy atom. The van der Waals surface area contributed by atoms with Gasteiger partial charge in [0, 0.05) is 23.8 Å². The van der Waals surface area contributed by atoms with Crippen molar-refractivity contribution in [2.75, 3.05) is 31.6 Å². The summed E-state index contributed by atoms with van der Waals surface area (Å²) < 4.78 is 7.84. The van der Waals surface area contributed by atoms with Crippen LogP contribution in [0, 0.1) is 0 Å². The fourth-order valence-corrected chi connectivity index (χ4v) is 2.56. The second kappa shape index (κ2) is 5.98. The Labute approximate surface area is 130 Å². The number of halogens is 1. The van der Waals surface area contributed by atoms with Gasteiger partial charge in [0.05, 0.1) is 13.2 Å². The van der Waals surface area contributed by atoms with E-state index in [0.717, 1.165) is 10.1 Å². The Balaban J connectivity index is 1.70. The van der Waals surface area contributed by atoms with Crippen LogP contribution in [0.15, 0.2) is 22.8 Å². The number of fused-ring (bicyclic) bond motifs is 1. The van der Waals surface area contributed by atoms with E-state index in [1.807, 2.05) is 25.3 Å². The smallest absolute Gasteiger partial charge is 0.245 e. The SMILES string of the molecule is CC(Nc1nc2ccc(Br)cn2n1)C(=O)N1CCOCC1. The first kappa shape index (κ1) is 14.3. The molecular formula is C13H16BrN5O2. The van der Waals surface area contributed by atoms with Gasteiger partial charge in [-0.25, -0.2) is 4.52 Å². The number of anilines is 1. The maximum atomic E-state index is 12.3. The van der Waals surface area contributed by atoms with Gasteiger partial charge in [0.1, 0.15) is 6.04 Å². The van der Waals surface area contributed by atoms with Gasteiger partial charge in [0.25, 0.3) is 0 Å². The van der Waals surface area contributed by atoms with Gasteiger partial charge in [0.2, 0.25) is 11.9 Å². The highest BCUT2D eigenvalue weighted by atomic mass is 79.9. The molecule has 2 aromatic heterocycles. The van der Waals surface area contributed by atoms with Crippen LogP contribution >= 0.6 is 15.9 Å². The average molecular weight is 354 g/mol. The van der Waals surface area contributed by atoms with Crippen molar-refractivity contribution < 1.29 is 9.53 Å². The molecule has 1 N–H and O–H groups in total. The number of morpholine rings is 1. The third-order valence-electron chi connectivity index (χ3n) is 3.33. The van der Waals surface area contributed by atoms with Gasteiger partial charge in [-0.3, -0.25) is 4.79 Å². The van der Waals surface area contributed by atoms with E-state index in [9.17, 15) is 4.79 Å². The molecule has 1 aliphatic heterocycles. The van der Waals surface area contributed by atoms with Crippen molar-refractivity contribution in [3.63, 3.8) is 0 Å². The summed E-state index contributed by atoms with van der Waals surface area (Å²) in [7, 11) is 0. The molecular weight excluding hydrogens is 338 g/mol. The van der Waals surface area contributed by atoms with Crippen molar-refractivity contribution in [2.24, 2.45) is 0 Å². The van der Waals surface area contributed by atoms with E-state index in [1.54, 1.807) is 9.42 Å². The summed E-state index contributed by atoms with van der Waals surface area (Å²) >= 11 is 3.39. The Bertz CT molecular complexity index is 653. The number of nitrogens with zero attached hydrogens (tertiary/aromatic N) is 4. The van der Waals surface area contributed by atoms with Crippen LogP contribution in [-0.4, -0.2) is 57.8 Å². The second-order valence-corrected chi connectivity index (χ2v) is 5.80. The fourth-order valence-electron chi connectivity index (χ4n) is 2.23. The fraction of sp³-hybridized carbons (Fsp3) is 0.462. The van der Waals surface area contributed by atoms with Crippen LogP contribution in [0.25, 0.3) is 5.65 Å². The first-order chi connectivity index (χ1) is 10.1. The molecule has 0 saturated carbocycles. The molecule has 2 aromatic rings. The van der Waals surface area contributed by atoms with Gasteiger partial charge in [-0.1, -0.05) is 0 Å². The van der Waals surface area contributed by atoms with E-state index in [1.165, 1.54) is 0 Å². The predicted molar refractivity (Wildman–Crippen MR) is 81.2 cm³/mol. The minimum absolute atomic E-state index is 0.0401. The van der Waals surface area contributed by atoms with E-state index < -0.39 is 0 Å². The summed E-state index contributed by atoms with van der Waals surface area (Å²) in [4.78, 5) is 18.5. The molecule has 8 heteroatoms. The van der Waals surface area contributed by atoms with Gasteiger partial charge in [-0.2, -0.15) is 4.98 Å². The van der Waals surface area contributed by atoms with Gasteiger partial charge >= 0.3 is 0 Å². The van der Waals surface area contributed by atoms with Crippen LogP contribution in [0.5, 0.6) is 0 Å². The molecule has 3 rings (SSSR count). The summed E-state index contributed by atoms with van der Waals surface area (Å²) in [5.41, 5.74) is 0.728. The molecule has 0 bridgehead atoms. The number of nitrogens with one attached hydrogen (secondary N) is 1. The highest BCUT2D eigenvalue weighted by molar-refractivity contribution is 9.10. The van der Waals surface area contributed by atoms with Gasteiger partial charge in [0.15, 0.2) is 5.65 Å². The second-order valence-electron chi connectivity index (χ2n) is 4.89. The normalized spacial score (nSPS) is 17.0. The van der Waals surface area contributed by atoms with E-state index in [-0.39, 0.29) is 11.9 Å². The molecule has 0 spiro atoms. The monoisotopic (exact) mass is 353 g/mol. The zero-order valence-electron chi connectivity index (χ0n) is 11.6. The molecule has 1 aliphatic rings. The molecule has 21 heavy (non-hydrogen) atoms. The topological polar surface area (TPSA) is 71.8 Å². The largest absolute Gasteiger partial charge is 0.378 e. The van der Waals surface area contributed by atoms with Crippen LogP contribution < -0.4 is 5.32 Å². The highest BCUT2D eigenvalue weighted by Gasteiger charge is 2.23. The maximum Gasteiger partial charge on any atom is 0.245 e. The van der Waals surface area contributed by atoms with Gasteiger partial charge in [-0.15, -0.1) is 5.10 Å².